The van der Waals surface area contributed by atoms with Crippen LogP contribution in [-0.2, 0) is 11.3 Å². The molecule has 2 aromatic rings. The molecule has 1 amide bonds. The number of amides is 1. The number of rotatable bonds is 4. The summed E-state index contributed by atoms with van der Waals surface area (Å²) in [7, 11) is 0. The van der Waals surface area contributed by atoms with E-state index in [1.165, 1.54) is 10.6 Å². The Morgan fingerprint density at radius 1 is 1.42 bits per heavy atom. The monoisotopic (exact) mass is 330 g/mol. The fraction of sp³-hybridized carbons (Fsp3) is 0.529. The molecular formula is C17H22N4O3. The Kier molecular flexibility index (Phi) is 4.78. The van der Waals surface area contributed by atoms with Crippen LogP contribution in [0.2, 0.25) is 0 Å². The van der Waals surface area contributed by atoms with Crippen molar-refractivity contribution in [2.45, 2.75) is 45.1 Å². The lowest BCUT2D eigenvalue weighted by Gasteiger charge is -2.31. The Labute approximate surface area is 140 Å². The molecule has 2 aromatic heterocycles. The molecule has 3 heterocycles. The molecular weight excluding hydrogens is 308 g/mol. The summed E-state index contributed by atoms with van der Waals surface area (Å²) in [5.41, 5.74) is -0.167. The highest BCUT2D eigenvalue weighted by Gasteiger charge is 2.28. The van der Waals surface area contributed by atoms with Crippen molar-refractivity contribution in [1.82, 2.24) is 19.6 Å². The molecule has 0 bridgehead atoms. The molecule has 0 N–H and O–H groups in total. The lowest BCUT2D eigenvalue weighted by atomic mass is 9.97. The molecule has 7 heteroatoms. The van der Waals surface area contributed by atoms with Crippen molar-refractivity contribution in [3.05, 3.63) is 46.5 Å². The van der Waals surface area contributed by atoms with Gasteiger partial charge in [0, 0.05) is 37.2 Å². The van der Waals surface area contributed by atoms with Crippen LogP contribution in [0.15, 0.2) is 33.7 Å². The van der Waals surface area contributed by atoms with Crippen LogP contribution >= 0.6 is 0 Å². The van der Waals surface area contributed by atoms with Crippen LogP contribution in [0, 0.1) is 0 Å². The second-order valence-corrected chi connectivity index (χ2v) is 6.49. The van der Waals surface area contributed by atoms with Crippen LogP contribution < -0.4 is 5.56 Å². The predicted octanol–water partition coefficient (Wildman–Crippen LogP) is 1.76. The Balaban J connectivity index is 1.67. The normalized spacial score (nSPS) is 18.1. The maximum atomic E-state index is 12.5. The van der Waals surface area contributed by atoms with Crippen LogP contribution in [0.4, 0.5) is 0 Å². The number of hydrogen-bond donors (Lipinski definition) is 0. The van der Waals surface area contributed by atoms with E-state index in [2.05, 4.69) is 10.1 Å². The highest BCUT2D eigenvalue weighted by Crippen LogP contribution is 2.26. The zero-order chi connectivity index (χ0) is 17.1. The minimum Gasteiger partial charge on any atom is -0.340 e. The first-order valence-corrected chi connectivity index (χ1v) is 8.31. The lowest BCUT2D eigenvalue weighted by Crippen LogP contribution is -2.42. The molecule has 1 aliphatic rings. The molecule has 0 unspecified atom stereocenters. The third kappa shape index (κ3) is 3.55. The number of hydrogen-bond acceptors (Lipinski definition) is 5. The first-order chi connectivity index (χ1) is 11.5. The molecule has 0 radical (unpaired) electrons. The Bertz CT molecular complexity index is 765. The van der Waals surface area contributed by atoms with E-state index < -0.39 is 0 Å². The molecule has 3 rings (SSSR count). The second-order valence-electron chi connectivity index (χ2n) is 6.49. The number of aromatic nitrogens is 3. The van der Waals surface area contributed by atoms with E-state index >= 15 is 0 Å². The van der Waals surface area contributed by atoms with E-state index in [1.54, 1.807) is 23.2 Å². The number of carbonyl (C=O) groups is 1. The molecule has 7 nitrogen and oxygen atoms in total. The molecule has 1 aliphatic heterocycles. The van der Waals surface area contributed by atoms with Gasteiger partial charge in [0.25, 0.3) is 5.56 Å². The summed E-state index contributed by atoms with van der Waals surface area (Å²) in [6.45, 7) is 5.34. The molecule has 128 valence electrons. The highest BCUT2D eigenvalue weighted by molar-refractivity contribution is 5.76. The van der Waals surface area contributed by atoms with Gasteiger partial charge < -0.3 is 14.0 Å². The molecule has 1 atom stereocenters. The molecule has 0 aromatic carbocycles. The van der Waals surface area contributed by atoms with Gasteiger partial charge in [-0.3, -0.25) is 9.59 Å². The minimum absolute atomic E-state index is 0.0550. The molecule has 24 heavy (non-hydrogen) atoms. The maximum absolute atomic E-state index is 12.5. The number of pyridine rings is 1. The number of likely N-dealkylation sites (tertiary alicyclic amines) is 1. The molecule has 0 aliphatic carbocycles. The Morgan fingerprint density at radius 3 is 2.96 bits per heavy atom. The van der Waals surface area contributed by atoms with Gasteiger partial charge in [-0.2, -0.15) is 4.98 Å². The summed E-state index contributed by atoms with van der Waals surface area (Å²) < 4.78 is 6.70. The van der Waals surface area contributed by atoms with Crippen LogP contribution in [-0.4, -0.2) is 38.6 Å². The average molecular weight is 330 g/mol. The van der Waals surface area contributed by atoms with Gasteiger partial charge in [-0.15, -0.1) is 0 Å². The van der Waals surface area contributed by atoms with E-state index in [0.29, 0.717) is 24.8 Å². The quantitative estimate of drug-likeness (QED) is 0.853. The van der Waals surface area contributed by atoms with Gasteiger partial charge >= 0.3 is 0 Å². The summed E-state index contributed by atoms with van der Waals surface area (Å²) >= 11 is 0. The Morgan fingerprint density at radius 2 is 2.25 bits per heavy atom. The smallest absolute Gasteiger partial charge is 0.250 e. The molecule has 1 fully saturated rings. The third-order valence-electron chi connectivity index (χ3n) is 4.30. The first kappa shape index (κ1) is 16.4. The zero-order valence-electron chi connectivity index (χ0n) is 14.0. The van der Waals surface area contributed by atoms with Crippen molar-refractivity contribution < 1.29 is 9.32 Å². The van der Waals surface area contributed by atoms with Crippen LogP contribution in [0.1, 0.15) is 50.2 Å². The van der Waals surface area contributed by atoms with Crippen molar-refractivity contribution in [3.63, 3.8) is 0 Å². The van der Waals surface area contributed by atoms with E-state index in [-0.39, 0.29) is 29.8 Å². The third-order valence-corrected chi connectivity index (χ3v) is 4.30. The summed E-state index contributed by atoms with van der Waals surface area (Å²) in [5.74, 6) is 1.53. The first-order valence-electron chi connectivity index (χ1n) is 8.31. The van der Waals surface area contributed by atoms with Gasteiger partial charge in [0.05, 0.1) is 0 Å². The maximum Gasteiger partial charge on any atom is 0.250 e. The number of nitrogens with zero attached hydrogens (tertiary/aromatic N) is 4. The summed E-state index contributed by atoms with van der Waals surface area (Å²) in [6, 6.07) is 4.88. The average Bonchev–Trinajstić information content (AvgIpc) is 3.07. The van der Waals surface area contributed by atoms with E-state index in [9.17, 15) is 9.59 Å². The fourth-order valence-corrected chi connectivity index (χ4v) is 2.90. The Hall–Kier alpha value is -2.44. The van der Waals surface area contributed by atoms with Crippen molar-refractivity contribution in [3.8, 4) is 0 Å². The second kappa shape index (κ2) is 6.98. The molecule has 1 saturated heterocycles. The van der Waals surface area contributed by atoms with Crippen LogP contribution in [0.25, 0.3) is 0 Å². The van der Waals surface area contributed by atoms with E-state index in [4.69, 9.17) is 4.52 Å². The van der Waals surface area contributed by atoms with Crippen molar-refractivity contribution in [2.75, 3.05) is 13.1 Å². The predicted molar refractivity (Wildman–Crippen MR) is 87.6 cm³/mol. The van der Waals surface area contributed by atoms with Gasteiger partial charge in [-0.05, 0) is 18.9 Å². The van der Waals surface area contributed by atoms with Crippen LogP contribution in [0.5, 0.6) is 0 Å². The van der Waals surface area contributed by atoms with Crippen molar-refractivity contribution in [1.29, 1.82) is 0 Å². The summed E-state index contributed by atoms with van der Waals surface area (Å²) in [4.78, 5) is 30.5. The SMILES string of the molecule is CC(C)c1nc([C@@H]2CCCN(C(=O)Cn3ccccc3=O)C2)no1. The van der Waals surface area contributed by atoms with Gasteiger partial charge in [0.2, 0.25) is 11.8 Å². The van der Waals surface area contributed by atoms with E-state index in [0.717, 1.165) is 12.8 Å². The topological polar surface area (TPSA) is 81.2 Å². The van der Waals surface area contributed by atoms with Crippen molar-refractivity contribution >= 4 is 5.91 Å². The van der Waals surface area contributed by atoms with Gasteiger partial charge in [-0.25, -0.2) is 0 Å². The number of carbonyl (C=O) groups excluding carboxylic acids is 1. The molecule has 0 spiro atoms. The van der Waals surface area contributed by atoms with Crippen LogP contribution in [0.3, 0.4) is 0 Å². The van der Waals surface area contributed by atoms with Gasteiger partial charge in [-0.1, -0.05) is 25.1 Å². The summed E-state index contributed by atoms with van der Waals surface area (Å²) in [5, 5.41) is 4.07. The molecule has 0 saturated carbocycles. The van der Waals surface area contributed by atoms with Gasteiger partial charge in [0.15, 0.2) is 5.82 Å². The number of piperidine rings is 1. The lowest BCUT2D eigenvalue weighted by molar-refractivity contribution is -0.133. The van der Waals surface area contributed by atoms with E-state index in [1.807, 2.05) is 13.8 Å². The van der Waals surface area contributed by atoms with Crippen molar-refractivity contribution in [2.24, 2.45) is 0 Å². The van der Waals surface area contributed by atoms with Gasteiger partial charge in [0.1, 0.15) is 6.54 Å². The standard InChI is InChI=1S/C17H22N4O3/c1-12(2)17-18-16(19-24-17)13-6-5-9-20(10-13)15(23)11-21-8-4-3-7-14(21)22/h3-4,7-8,12-13H,5-6,9-11H2,1-2H3/t13-/m1/s1. The summed E-state index contributed by atoms with van der Waals surface area (Å²) in [6.07, 6.45) is 3.47. The highest BCUT2D eigenvalue weighted by atomic mass is 16.5. The fourth-order valence-electron chi connectivity index (χ4n) is 2.90. The minimum atomic E-state index is -0.167. The zero-order valence-corrected chi connectivity index (χ0v) is 14.0. The largest absolute Gasteiger partial charge is 0.340 e.